The molecule has 1 N–H and O–H groups in total. The van der Waals surface area contributed by atoms with Crippen molar-refractivity contribution in [3.63, 3.8) is 0 Å². The summed E-state index contributed by atoms with van der Waals surface area (Å²) in [6.45, 7) is -2.58. The van der Waals surface area contributed by atoms with E-state index >= 15 is 0 Å². The van der Waals surface area contributed by atoms with Gasteiger partial charge in [-0.2, -0.15) is 8.78 Å². The lowest BCUT2D eigenvalue weighted by Crippen LogP contribution is -2.20. The summed E-state index contributed by atoms with van der Waals surface area (Å²) in [5, 5.41) is 2.65. The Hall–Kier alpha value is -2.76. The zero-order valence-corrected chi connectivity index (χ0v) is 12.0. The van der Waals surface area contributed by atoms with Crippen LogP contribution in [0.3, 0.4) is 0 Å². The van der Waals surface area contributed by atoms with Crippen LogP contribution in [-0.2, 0) is 11.3 Å². The van der Waals surface area contributed by atoms with Gasteiger partial charge in [-0.3, -0.25) is 4.79 Å². The number of hydrogen-bond donors (Lipinski definition) is 1. The Morgan fingerprint density at radius 2 is 1.74 bits per heavy atom. The van der Waals surface area contributed by atoms with Crippen molar-refractivity contribution in [2.75, 3.05) is 0 Å². The number of rotatable bonds is 6. The smallest absolute Gasteiger partial charge is 0.387 e. The quantitative estimate of drug-likeness (QED) is 0.823. The molecule has 6 heteroatoms. The molecule has 0 saturated heterocycles. The minimum Gasteiger partial charge on any atom is -0.435 e. The molecule has 0 unspecified atom stereocenters. The van der Waals surface area contributed by atoms with E-state index in [1.165, 1.54) is 30.3 Å². The van der Waals surface area contributed by atoms with Crippen LogP contribution in [0, 0.1) is 5.82 Å². The van der Waals surface area contributed by atoms with Crippen molar-refractivity contribution in [3.05, 3.63) is 71.6 Å². The standard InChI is InChI=1S/C17H14F3NO2/c18-14-6-1-13(2-7-14)11-21-16(22)10-5-12-3-8-15(9-4-12)23-17(19)20/h1-10,17H,11H2,(H,21,22). The fourth-order valence-electron chi connectivity index (χ4n) is 1.78. The molecule has 23 heavy (non-hydrogen) atoms. The summed E-state index contributed by atoms with van der Waals surface area (Å²) in [5.41, 5.74) is 1.45. The normalized spacial score (nSPS) is 11.0. The van der Waals surface area contributed by atoms with E-state index < -0.39 is 6.61 Å². The summed E-state index contributed by atoms with van der Waals surface area (Å²) in [5.74, 6) is -0.598. The molecule has 0 aliphatic heterocycles. The predicted molar refractivity (Wildman–Crippen MR) is 80.4 cm³/mol. The van der Waals surface area contributed by atoms with E-state index in [1.807, 2.05) is 0 Å². The molecule has 2 aromatic rings. The maximum Gasteiger partial charge on any atom is 0.387 e. The zero-order valence-electron chi connectivity index (χ0n) is 12.0. The fraction of sp³-hybridized carbons (Fsp3) is 0.118. The molecule has 2 rings (SSSR count). The number of amides is 1. The largest absolute Gasteiger partial charge is 0.435 e. The van der Waals surface area contributed by atoms with Gasteiger partial charge in [0.1, 0.15) is 11.6 Å². The Bertz CT molecular complexity index is 667. The number of carbonyl (C=O) groups excluding carboxylic acids is 1. The lowest BCUT2D eigenvalue weighted by atomic mass is 10.2. The van der Waals surface area contributed by atoms with E-state index in [9.17, 15) is 18.0 Å². The maximum atomic E-state index is 12.7. The number of ether oxygens (including phenoxy) is 1. The second kappa shape index (κ2) is 8.03. The summed E-state index contributed by atoms with van der Waals surface area (Å²) in [6.07, 6.45) is 2.87. The second-order valence-corrected chi connectivity index (χ2v) is 4.63. The summed E-state index contributed by atoms with van der Waals surface area (Å²) in [7, 11) is 0. The number of nitrogens with one attached hydrogen (secondary N) is 1. The molecular formula is C17H14F3NO2. The summed E-state index contributed by atoms with van der Waals surface area (Å²) >= 11 is 0. The first kappa shape index (κ1) is 16.6. The molecule has 0 spiro atoms. The molecule has 0 radical (unpaired) electrons. The second-order valence-electron chi connectivity index (χ2n) is 4.63. The van der Waals surface area contributed by atoms with Crippen LogP contribution in [-0.4, -0.2) is 12.5 Å². The molecule has 0 fully saturated rings. The van der Waals surface area contributed by atoms with Gasteiger partial charge >= 0.3 is 6.61 Å². The van der Waals surface area contributed by atoms with Gasteiger partial charge in [0.2, 0.25) is 5.91 Å². The molecule has 120 valence electrons. The highest BCUT2D eigenvalue weighted by atomic mass is 19.3. The van der Waals surface area contributed by atoms with Crippen molar-refractivity contribution in [2.45, 2.75) is 13.2 Å². The third kappa shape index (κ3) is 5.86. The van der Waals surface area contributed by atoms with Crippen molar-refractivity contribution < 1.29 is 22.7 Å². The molecule has 0 saturated carbocycles. The Balaban J connectivity index is 1.84. The highest BCUT2D eigenvalue weighted by Gasteiger charge is 2.03. The van der Waals surface area contributed by atoms with E-state index in [0.29, 0.717) is 5.56 Å². The molecule has 2 aromatic carbocycles. The van der Waals surface area contributed by atoms with Crippen molar-refractivity contribution in [1.82, 2.24) is 5.32 Å². The van der Waals surface area contributed by atoms with E-state index in [2.05, 4.69) is 10.1 Å². The monoisotopic (exact) mass is 321 g/mol. The Kier molecular flexibility index (Phi) is 5.80. The number of benzene rings is 2. The molecule has 0 aliphatic carbocycles. The highest BCUT2D eigenvalue weighted by molar-refractivity contribution is 5.91. The molecule has 1 amide bonds. The van der Waals surface area contributed by atoms with Gasteiger partial charge in [-0.25, -0.2) is 4.39 Å². The first-order valence-electron chi connectivity index (χ1n) is 6.78. The van der Waals surface area contributed by atoms with E-state index in [4.69, 9.17) is 0 Å². The van der Waals surface area contributed by atoms with Gasteiger partial charge in [-0.15, -0.1) is 0 Å². The number of alkyl halides is 2. The zero-order chi connectivity index (χ0) is 16.7. The molecule has 0 aliphatic rings. The summed E-state index contributed by atoms with van der Waals surface area (Å²) < 4.78 is 41.0. The van der Waals surface area contributed by atoms with E-state index in [1.54, 1.807) is 30.3 Å². The van der Waals surface area contributed by atoms with Crippen molar-refractivity contribution in [2.24, 2.45) is 0 Å². The highest BCUT2D eigenvalue weighted by Crippen LogP contribution is 2.15. The van der Waals surface area contributed by atoms with Crippen molar-refractivity contribution >= 4 is 12.0 Å². The molecular weight excluding hydrogens is 307 g/mol. The number of hydrogen-bond acceptors (Lipinski definition) is 2. The van der Waals surface area contributed by atoms with Gasteiger partial charge in [0.15, 0.2) is 0 Å². The van der Waals surface area contributed by atoms with Crippen molar-refractivity contribution in [3.8, 4) is 5.75 Å². The van der Waals surface area contributed by atoms with Crippen LogP contribution in [0.5, 0.6) is 5.75 Å². The van der Waals surface area contributed by atoms with Crippen LogP contribution >= 0.6 is 0 Å². The Morgan fingerprint density at radius 1 is 1.09 bits per heavy atom. The third-order valence-corrected chi connectivity index (χ3v) is 2.91. The number of carbonyl (C=O) groups is 1. The van der Waals surface area contributed by atoms with Gasteiger partial charge in [0, 0.05) is 12.6 Å². The third-order valence-electron chi connectivity index (χ3n) is 2.91. The van der Waals surface area contributed by atoms with Gasteiger partial charge in [-0.1, -0.05) is 24.3 Å². The van der Waals surface area contributed by atoms with Crippen LogP contribution in [0.4, 0.5) is 13.2 Å². The maximum absolute atomic E-state index is 12.7. The van der Waals surface area contributed by atoms with Crippen LogP contribution < -0.4 is 10.1 Å². The Labute approximate surface area is 131 Å². The van der Waals surface area contributed by atoms with Crippen LogP contribution in [0.2, 0.25) is 0 Å². The topological polar surface area (TPSA) is 38.3 Å². The average molecular weight is 321 g/mol. The molecule has 3 nitrogen and oxygen atoms in total. The first-order chi connectivity index (χ1) is 11.0. The average Bonchev–Trinajstić information content (AvgIpc) is 2.53. The minimum absolute atomic E-state index is 0.0536. The number of halogens is 3. The summed E-state index contributed by atoms with van der Waals surface area (Å²) in [4.78, 5) is 11.7. The lowest BCUT2D eigenvalue weighted by Gasteiger charge is -2.04. The Morgan fingerprint density at radius 3 is 2.35 bits per heavy atom. The van der Waals surface area contributed by atoms with Gasteiger partial charge in [0.05, 0.1) is 0 Å². The van der Waals surface area contributed by atoms with Crippen LogP contribution in [0.15, 0.2) is 54.6 Å². The molecule has 0 bridgehead atoms. The fourth-order valence-corrected chi connectivity index (χ4v) is 1.78. The predicted octanol–water partition coefficient (Wildman–Crippen LogP) is 3.76. The van der Waals surface area contributed by atoms with Gasteiger partial charge in [0.25, 0.3) is 0 Å². The molecule has 0 atom stereocenters. The first-order valence-corrected chi connectivity index (χ1v) is 6.78. The van der Waals surface area contributed by atoms with E-state index in [0.717, 1.165) is 5.56 Å². The van der Waals surface area contributed by atoms with E-state index in [-0.39, 0.29) is 24.0 Å². The lowest BCUT2D eigenvalue weighted by molar-refractivity contribution is -0.116. The molecule has 0 aromatic heterocycles. The van der Waals surface area contributed by atoms with Gasteiger partial charge < -0.3 is 10.1 Å². The van der Waals surface area contributed by atoms with Crippen LogP contribution in [0.1, 0.15) is 11.1 Å². The minimum atomic E-state index is -2.87. The van der Waals surface area contributed by atoms with Crippen LogP contribution in [0.25, 0.3) is 6.08 Å². The SMILES string of the molecule is O=C(C=Cc1ccc(OC(F)F)cc1)NCc1ccc(F)cc1. The summed E-state index contributed by atoms with van der Waals surface area (Å²) in [6, 6.07) is 11.7. The van der Waals surface area contributed by atoms with Crippen molar-refractivity contribution in [1.29, 1.82) is 0 Å². The van der Waals surface area contributed by atoms with Gasteiger partial charge in [-0.05, 0) is 41.5 Å². The molecule has 0 heterocycles.